The fraction of sp³-hybridized carbons (Fsp3) is 0. The molecule has 0 radical (unpaired) electrons. The van der Waals surface area contributed by atoms with Gasteiger partial charge in [0.2, 0.25) is 0 Å². The number of nitrogens with zero attached hydrogens (tertiary/aromatic N) is 5. The Kier molecular flexibility index (Phi) is 7.83. The van der Waals surface area contributed by atoms with Gasteiger partial charge in [-0.1, -0.05) is 140 Å². The van der Waals surface area contributed by atoms with E-state index in [0.29, 0.717) is 17.5 Å². The summed E-state index contributed by atoms with van der Waals surface area (Å²) in [6, 6.07) is 53.8. The molecular formula is C43H29N5. The van der Waals surface area contributed by atoms with Crippen LogP contribution in [0.2, 0.25) is 0 Å². The Morgan fingerprint density at radius 3 is 1.29 bits per heavy atom. The summed E-state index contributed by atoms with van der Waals surface area (Å²) in [6.45, 7) is 0. The number of benzene rings is 5. The molecule has 0 unspecified atom stereocenters. The molecule has 0 spiro atoms. The van der Waals surface area contributed by atoms with Gasteiger partial charge in [-0.25, -0.2) is 15.0 Å². The predicted molar refractivity (Wildman–Crippen MR) is 193 cm³/mol. The van der Waals surface area contributed by atoms with Crippen molar-refractivity contribution in [3.8, 4) is 78.8 Å². The molecule has 8 rings (SSSR count). The van der Waals surface area contributed by atoms with E-state index in [1.807, 2.05) is 60.9 Å². The van der Waals surface area contributed by atoms with Crippen LogP contribution in [0.15, 0.2) is 176 Å². The van der Waals surface area contributed by atoms with Gasteiger partial charge in [-0.2, -0.15) is 0 Å². The summed E-state index contributed by atoms with van der Waals surface area (Å²) in [5, 5.41) is 0. The standard InChI is InChI=1S/C43H29N5/c1-3-9-30(10-4-1)31-16-20-34(21-17-31)42-46-41(33-11-5-2-6-12-33)47-43(48-42)35-22-18-32(19-23-35)36-13-7-14-37(27-36)40-25-24-39(29-45-40)38-15-8-26-44-28-38/h1-29H. The minimum Gasteiger partial charge on any atom is -0.264 e. The third-order valence-corrected chi connectivity index (χ3v) is 8.31. The maximum atomic E-state index is 4.95. The molecule has 5 nitrogen and oxygen atoms in total. The van der Waals surface area contributed by atoms with E-state index in [1.165, 1.54) is 5.56 Å². The lowest BCUT2D eigenvalue weighted by molar-refractivity contribution is 1.07. The molecule has 0 fully saturated rings. The second-order valence-corrected chi connectivity index (χ2v) is 11.4. The van der Waals surface area contributed by atoms with Crippen molar-refractivity contribution in [2.24, 2.45) is 0 Å². The van der Waals surface area contributed by atoms with Crippen LogP contribution in [0.1, 0.15) is 0 Å². The Hall–Kier alpha value is -6.59. The number of pyridine rings is 2. The van der Waals surface area contributed by atoms with Crippen LogP contribution in [-0.4, -0.2) is 24.9 Å². The van der Waals surface area contributed by atoms with E-state index in [0.717, 1.165) is 55.8 Å². The Labute approximate surface area is 279 Å². The van der Waals surface area contributed by atoms with E-state index in [4.69, 9.17) is 19.9 Å². The van der Waals surface area contributed by atoms with Gasteiger partial charge >= 0.3 is 0 Å². The van der Waals surface area contributed by atoms with Crippen LogP contribution in [0.25, 0.3) is 78.8 Å². The molecule has 8 aromatic rings. The van der Waals surface area contributed by atoms with E-state index < -0.39 is 0 Å². The first-order valence-corrected chi connectivity index (χ1v) is 15.8. The zero-order valence-corrected chi connectivity index (χ0v) is 26.0. The summed E-state index contributed by atoms with van der Waals surface area (Å²) < 4.78 is 0. The van der Waals surface area contributed by atoms with Crippen molar-refractivity contribution in [1.29, 1.82) is 0 Å². The third-order valence-electron chi connectivity index (χ3n) is 8.31. The molecule has 226 valence electrons. The predicted octanol–water partition coefficient (Wildman–Crippen LogP) is 10.3. The SMILES string of the molecule is c1ccc(-c2ccc(-c3nc(-c4ccccc4)nc(-c4ccc(-c5cccc(-c6ccc(-c7cccnc7)cn6)c5)cc4)n3)cc2)cc1. The quantitative estimate of drug-likeness (QED) is 0.178. The molecule has 0 bridgehead atoms. The topological polar surface area (TPSA) is 64.5 Å². The van der Waals surface area contributed by atoms with Gasteiger partial charge in [0.05, 0.1) is 5.69 Å². The van der Waals surface area contributed by atoms with Crippen LogP contribution in [0, 0.1) is 0 Å². The fourth-order valence-corrected chi connectivity index (χ4v) is 5.73. The molecule has 0 aliphatic heterocycles. The normalized spacial score (nSPS) is 10.9. The van der Waals surface area contributed by atoms with Gasteiger partial charge in [0.1, 0.15) is 0 Å². The van der Waals surface area contributed by atoms with Crippen molar-refractivity contribution in [3.63, 3.8) is 0 Å². The average molecular weight is 616 g/mol. The zero-order chi connectivity index (χ0) is 32.1. The largest absolute Gasteiger partial charge is 0.264 e. The van der Waals surface area contributed by atoms with Crippen LogP contribution in [0.3, 0.4) is 0 Å². The van der Waals surface area contributed by atoms with Crippen LogP contribution in [-0.2, 0) is 0 Å². The van der Waals surface area contributed by atoms with E-state index in [1.54, 1.807) is 6.20 Å². The first-order chi connectivity index (χ1) is 23.8. The van der Waals surface area contributed by atoms with E-state index in [9.17, 15) is 0 Å². The minimum atomic E-state index is 0.629. The van der Waals surface area contributed by atoms with E-state index >= 15 is 0 Å². The van der Waals surface area contributed by atoms with Crippen molar-refractivity contribution in [3.05, 3.63) is 176 Å². The van der Waals surface area contributed by atoms with Crippen molar-refractivity contribution in [2.45, 2.75) is 0 Å². The van der Waals surface area contributed by atoms with E-state index in [-0.39, 0.29) is 0 Å². The molecule has 5 heteroatoms. The summed E-state index contributed by atoms with van der Waals surface area (Å²) >= 11 is 0. The molecule has 0 saturated carbocycles. The summed E-state index contributed by atoms with van der Waals surface area (Å²) in [4.78, 5) is 23.7. The van der Waals surface area contributed by atoms with Gasteiger partial charge < -0.3 is 0 Å². The molecule has 0 amide bonds. The average Bonchev–Trinajstić information content (AvgIpc) is 3.19. The zero-order valence-electron chi connectivity index (χ0n) is 26.0. The van der Waals surface area contributed by atoms with E-state index in [2.05, 4.69) is 114 Å². The summed E-state index contributed by atoms with van der Waals surface area (Å²) in [5.74, 6) is 1.91. The fourth-order valence-electron chi connectivity index (χ4n) is 5.73. The second kappa shape index (κ2) is 13.0. The molecule has 3 aromatic heterocycles. The van der Waals surface area contributed by atoms with Crippen LogP contribution in [0.5, 0.6) is 0 Å². The Balaban J connectivity index is 1.10. The van der Waals surface area contributed by atoms with Gasteiger partial charge in [0.25, 0.3) is 0 Å². The molecule has 0 atom stereocenters. The van der Waals surface area contributed by atoms with Gasteiger partial charge in [-0.3, -0.25) is 9.97 Å². The molecule has 0 aliphatic carbocycles. The number of rotatable bonds is 7. The van der Waals surface area contributed by atoms with Crippen molar-refractivity contribution in [1.82, 2.24) is 24.9 Å². The first kappa shape index (κ1) is 28.9. The highest BCUT2D eigenvalue weighted by atomic mass is 15.0. The van der Waals surface area contributed by atoms with Crippen LogP contribution < -0.4 is 0 Å². The van der Waals surface area contributed by atoms with Gasteiger partial charge in [-0.15, -0.1) is 0 Å². The lowest BCUT2D eigenvalue weighted by Crippen LogP contribution is -2.00. The molecule has 48 heavy (non-hydrogen) atoms. The maximum Gasteiger partial charge on any atom is 0.164 e. The van der Waals surface area contributed by atoms with Gasteiger partial charge in [-0.05, 0) is 40.5 Å². The smallest absolute Gasteiger partial charge is 0.164 e. The number of hydrogen-bond donors (Lipinski definition) is 0. The first-order valence-electron chi connectivity index (χ1n) is 15.8. The van der Waals surface area contributed by atoms with Gasteiger partial charge in [0.15, 0.2) is 17.5 Å². The highest BCUT2D eigenvalue weighted by molar-refractivity contribution is 5.75. The number of hydrogen-bond acceptors (Lipinski definition) is 5. The van der Waals surface area contributed by atoms with Gasteiger partial charge in [0, 0.05) is 52.0 Å². The molecule has 5 aromatic carbocycles. The highest BCUT2D eigenvalue weighted by Crippen LogP contribution is 2.30. The summed E-state index contributed by atoms with van der Waals surface area (Å²) in [6.07, 6.45) is 5.53. The number of aromatic nitrogens is 5. The third kappa shape index (κ3) is 6.13. The molecule has 0 aliphatic rings. The molecule has 0 saturated heterocycles. The van der Waals surface area contributed by atoms with Crippen molar-refractivity contribution in [2.75, 3.05) is 0 Å². The molecular weight excluding hydrogens is 587 g/mol. The van der Waals surface area contributed by atoms with Crippen molar-refractivity contribution < 1.29 is 0 Å². The minimum absolute atomic E-state index is 0.629. The Morgan fingerprint density at radius 2 is 0.729 bits per heavy atom. The Bertz CT molecular complexity index is 2290. The monoisotopic (exact) mass is 615 g/mol. The molecule has 0 N–H and O–H groups in total. The summed E-state index contributed by atoms with van der Waals surface area (Å²) in [7, 11) is 0. The summed E-state index contributed by atoms with van der Waals surface area (Å²) in [5.41, 5.74) is 11.4. The van der Waals surface area contributed by atoms with Crippen LogP contribution in [0.4, 0.5) is 0 Å². The second-order valence-electron chi connectivity index (χ2n) is 11.4. The lowest BCUT2D eigenvalue weighted by Gasteiger charge is -2.10. The van der Waals surface area contributed by atoms with Crippen molar-refractivity contribution >= 4 is 0 Å². The lowest BCUT2D eigenvalue weighted by atomic mass is 10.00. The van der Waals surface area contributed by atoms with Crippen LogP contribution >= 0.6 is 0 Å². The Morgan fingerprint density at radius 1 is 0.292 bits per heavy atom. The maximum absolute atomic E-state index is 4.95. The highest BCUT2D eigenvalue weighted by Gasteiger charge is 2.13. The molecule has 3 heterocycles.